The normalized spacial score (nSPS) is 19.9. The van der Waals surface area contributed by atoms with Gasteiger partial charge in [-0.15, -0.1) is 0 Å². The molecule has 1 aliphatic rings. The van der Waals surface area contributed by atoms with Gasteiger partial charge in [0.1, 0.15) is 0 Å². The highest BCUT2D eigenvalue weighted by atomic mass is 35.5. The van der Waals surface area contributed by atoms with E-state index in [-0.39, 0.29) is 0 Å². The summed E-state index contributed by atoms with van der Waals surface area (Å²) in [4.78, 5) is 4.54. The predicted octanol–water partition coefficient (Wildman–Crippen LogP) is 5.14. The van der Waals surface area contributed by atoms with E-state index in [9.17, 15) is 0 Å². The second-order valence-corrected chi connectivity index (χ2v) is 5.85. The van der Waals surface area contributed by atoms with Crippen molar-refractivity contribution in [3.05, 3.63) is 69.2 Å². The maximum Gasteiger partial charge on any atom is 0.0595 e. The molecule has 1 nitrogen and oxygen atoms in total. The van der Waals surface area contributed by atoms with Crippen LogP contribution in [0.1, 0.15) is 29.0 Å². The van der Waals surface area contributed by atoms with Crippen LogP contribution in [0.5, 0.6) is 0 Å². The van der Waals surface area contributed by atoms with Crippen LogP contribution in [0.25, 0.3) is 0 Å². The lowest BCUT2D eigenvalue weighted by Crippen LogP contribution is -2.21. The molecular formula is C17H15Cl2N. The lowest BCUT2D eigenvalue weighted by Gasteiger charge is -2.27. The smallest absolute Gasteiger partial charge is 0.0595 e. The van der Waals surface area contributed by atoms with Crippen LogP contribution in [0, 0.1) is 0 Å². The largest absolute Gasteiger partial charge is 0.292 e. The molecule has 0 aromatic heterocycles. The third-order valence-corrected chi connectivity index (χ3v) is 4.65. The molecule has 1 atom stereocenters. The highest BCUT2D eigenvalue weighted by Gasteiger charge is 2.26. The van der Waals surface area contributed by atoms with Crippen LogP contribution in [-0.4, -0.2) is 12.8 Å². The Bertz CT molecular complexity index is 676. The predicted molar refractivity (Wildman–Crippen MR) is 86.4 cm³/mol. The average molecular weight is 304 g/mol. The average Bonchev–Trinajstić information content (AvgIpc) is 2.49. The number of benzene rings is 2. The summed E-state index contributed by atoms with van der Waals surface area (Å²) in [6.45, 7) is 0. The zero-order valence-electron chi connectivity index (χ0n) is 11.2. The van der Waals surface area contributed by atoms with Crippen molar-refractivity contribution in [1.82, 2.24) is 0 Å². The molecular weight excluding hydrogens is 289 g/mol. The zero-order valence-corrected chi connectivity index (χ0v) is 12.7. The zero-order chi connectivity index (χ0) is 14.1. The first kappa shape index (κ1) is 13.7. The standard InChI is InChI=1S/C17H15Cl2N/c1-20-17-13-5-3-2-4-11(13)6-8-14(17)12-7-9-15(18)16(19)10-12/h2-5,7,9-10,14H,6,8H2,1H3/b20-17+. The van der Waals surface area contributed by atoms with Gasteiger partial charge in [-0.05, 0) is 41.7 Å². The van der Waals surface area contributed by atoms with Gasteiger partial charge < -0.3 is 0 Å². The molecule has 102 valence electrons. The molecule has 0 amide bonds. The topological polar surface area (TPSA) is 12.4 Å². The third kappa shape index (κ3) is 2.36. The summed E-state index contributed by atoms with van der Waals surface area (Å²) in [5.41, 5.74) is 4.97. The third-order valence-electron chi connectivity index (χ3n) is 3.91. The van der Waals surface area contributed by atoms with Crippen molar-refractivity contribution in [2.24, 2.45) is 4.99 Å². The quantitative estimate of drug-likeness (QED) is 0.691. The second kappa shape index (κ2) is 5.59. The number of fused-ring (bicyclic) bond motifs is 1. The van der Waals surface area contributed by atoms with Crippen LogP contribution < -0.4 is 0 Å². The molecule has 1 aliphatic carbocycles. The van der Waals surface area contributed by atoms with E-state index in [0.29, 0.717) is 16.0 Å². The minimum absolute atomic E-state index is 0.296. The maximum atomic E-state index is 6.15. The molecule has 0 saturated heterocycles. The van der Waals surface area contributed by atoms with Crippen molar-refractivity contribution in [2.45, 2.75) is 18.8 Å². The molecule has 0 aliphatic heterocycles. The van der Waals surface area contributed by atoms with E-state index < -0.39 is 0 Å². The summed E-state index contributed by atoms with van der Waals surface area (Å²) in [5, 5.41) is 1.21. The molecule has 0 bridgehead atoms. The highest BCUT2D eigenvalue weighted by Crippen LogP contribution is 2.35. The van der Waals surface area contributed by atoms with Crippen LogP contribution in [0.3, 0.4) is 0 Å². The lowest BCUT2D eigenvalue weighted by atomic mass is 9.78. The highest BCUT2D eigenvalue weighted by molar-refractivity contribution is 6.42. The van der Waals surface area contributed by atoms with E-state index in [1.807, 2.05) is 19.2 Å². The second-order valence-electron chi connectivity index (χ2n) is 5.03. The van der Waals surface area contributed by atoms with Crippen molar-refractivity contribution >= 4 is 28.9 Å². The van der Waals surface area contributed by atoms with Gasteiger partial charge >= 0.3 is 0 Å². The minimum atomic E-state index is 0.296. The molecule has 20 heavy (non-hydrogen) atoms. The first-order chi connectivity index (χ1) is 9.70. The van der Waals surface area contributed by atoms with Gasteiger partial charge in [-0.1, -0.05) is 53.5 Å². The van der Waals surface area contributed by atoms with Crippen molar-refractivity contribution in [3.8, 4) is 0 Å². The summed E-state index contributed by atoms with van der Waals surface area (Å²) < 4.78 is 0. The van der Waals surface area contributed by atoms with Crippen molar-refractivity contribution in [3.63, 3.8) is 0 Å². The summed E-state index contributed by atoms with van der Waals surface area (Å²) >= 11 is 12.2. The van der Waals surface area contributed by atoms with Gasteiger partial charge in [-0.3, -0.25) is 4.99 Å². The Morgan fingerprint density at radius 3 is 2.60 bits per heavy atom. The molecule has 0 saturated carbocycles. The van der Waals surface area contributed by atoms with Crippen LogP contribution in [0.2, 0.25) is 10.0 Å². The fourth-order valence-corrected chi connectivity index (χ4v) is 3.25. The van der Waals surface area contributed by atoms with E-state index in [4.69, 9.17) is 23.2 Å². The number of aliphatic imine (C=N–C) groups is 1. The van der Waals surface area contributed by atoms with Gasteiger partial charge in [0.15, 0.2) is 0 Å². The SMILES string of the molecule is C/N=C1\c2ccccc2CCC1c1ccc(Cl)c(Cl)c1. The number of aryl methyl sites for hydroxylation is 1. The summed E-state index contributed by atoms with van der Waals surface area (Å²) in [6, 6.07) is 14.4. The van der Waals surface area contributed by atoms with Crippen LogP contribution in [0.15, 0.2) is 47.5 Å². The van der Waals surface area contributed by atoms with Crippen molar-refractivity contribution < 1.29 is 0 Å². The molecule has 3 rings (SSSR count). The molecule has 1 unspecified atom stereocenters. The van der Waals surface area contributed by atoms with E-state index >= 15 is 0 Å². The fourth-order valence-electron chi connectivity index (χ4n) is 2.94. The van der Waals surface area contributed by atoms with Crippen LogP contribution in [0.4, 0.5) is 0 Å². The minimum Gasteiger partial charge on any atom is -0.292 e. The molecule has 0 spiro atoms. The Balaban J connectivity index is 2.05. The molecule has 0 radical (unpaired) electrons. The summed E-state index contributed by atoms with van der Waals surface area (Å²) in [7, 11) is 1.86. The molecule has 0 N–H and O–H groups in total. The molecule has 0 heterocycles. The number of nitrogens with zero attached hydrogens (tertiary/aromatic N) is 1. The molecule has 2 aromatic carbocycles. The van der Waals surface area contributed by atoms with Crippen molar-refractivity contribution in [2.75, 3.05) is 7.05 Å². The van der Waals surface area contributed by atoms with Crippen LogP contribution in [-0.2, 0) is 6.42 Å². The van der Waals surface area contributed by atoms with E-state index in [2.05, 4.69) is 35.3 Å². The van der Waals surface area contributed by atoms with E-state index in [1.165, 1.54) is 16.7 Å². The Hall–Kier alpha value is -1.31. The van der Waals surface area contributed by atoms with E-state index in [0.717, 1.165) is 18.6 Å². The van der Waals surface area contributed by atoms with Gasteiger partial charge in [0.05, 0.1) is 10.0 Å². The Morgan fingerprint density at radius 2 is 1.85 bits per heavy atom. The Morgan fingerprint density at radius 1 is 1.05 bits per heavy atom. The van der Waals surface area contributed by atoms with Crippen molar-refractivity contribution in [1.29, 1.82) is 0 Å². The van der Waals surface area contributed by atoms with Gasteiger partial charge in [0.2, 0.25) is 0 Å². The van der Waals surface area contributed by atoms with E-state index in [1.54, 1.807) is 0 Å². The van der Waals surface area contributed by atoms with Crippen LogP contribution >= 0.6 is 23.2 Å². The first-order valence-electron chi connectivity index (χ1n) is 6.70. The van der Waals surface area contributed by atoms with Gasteiger partial charge in [-0.2, -0.15) is 0 Å². The van der Waals surface area contributed by atoms with Gasteiger partial charge in [0, 0.05) is 18.7 Å². The maximum absolute atomic E-state index is 6.15. The Labute approximate surface area is 129 Å². The summed E-state index contributed by atoms with van der Waals surface area (Å²) in [5.74, 6) is 0.296. The fraction of sp³-hybridized carbons (Fsp3) is 0.235. The number of halogens is 2. The number of hydrogen-bond acceptors (Lipinski definition) is 1. The number of rotatable bonds is 1. The summed E-state index contributed by atoms with van der Waals surface area (Å²) in [6.07, 6.45) is 2.13. The molecule has 0 fully saturated rings. The van der Waals surface area contributed by atoms with Gasteiger partial charge in [0.25, 0.3) is 0 Å². The first-order valence-corrected chi connectivity index (χ1v) is 7.46. The Kier molecular flexibility index (Phi) is 3.82. The molecule has 2 aromatic rings. The lowest BCUT2D eigenvalue weighted by molar-refractivity contribution is 0.742. The molecule has 3 heteroatoms. The van der Waals surface area contributed by atoms with Gasteiger partial charge in [-0.25, -0.2) is 0 Å². The number of hydrogen-bond donors (Lipinski definition) is 0. The monoisotopic (exact) mass is 303 g/mol.